The number of rotatable bonds is 1. The summed E-state index contributed by atoms with van der Waals surface area (Å²) in [6.45, 7) is 0. The van der Waals surface area contributed by atoms with Crippen LogP contribution in [0.1, 0.15) is 5.56 Å². The Bertz CT molecular complexity index is 913. The van der Waals surface area contributed by atoms with Crippen molar-refractivity contribution in [2.75, 3.05) is 5.32 Å². The lowest BCUT2D eigenvalue weighted by molar-refractivity contribution is -0.280. The number of allylic oxidation sites excluding steroid dienone is 1. The van der Waals surface area contributed by atoms with Crippen LogP contribution in [-0.2, 0) is 6.18 Å². The minimum Gasteiger partial charge on any atom is -0.319 e. The molecular formula is C13H3ClF13N3S. The molecule has 1 N–H and O–H groups in total. The molecule has 2 heterocycles. The minimum atomic E-state index is -6.61. The summed E-state index contributed by atoms with van der Waals surface area (Å²) in [5.41, 5.74) is -7.22. The van der Waals surface area contributed by atoms with Gasteiger partial charge in [0.05, 0.1) is 10.5 Å². The third kappa shape index (κ3) is 4.80. The number of hydrogen-bond acceptors (Lipinski definition) is 4. The highest BCUT2D eigenvalue weighted by molar-refractivity contribution is 8.17. The topological polar surface area (TPSA) is 37.3 Å². The Morgan fingerprint density at radius 1 is 0.903 bits per heavy atom. The van der Waals surface area contributed by atoms with Gasteiger partial charge in [-0.25, -0.2) is 14.4 Å². The second-order valence-corrected chi connectivity index (χ2v) is 6.94. The Balaban J connectivity index is 2.68. The highest BCUT2D eigenvalue weighted by Gasteiger charge is 2.77. The standard InChI is InChI=1S/C13H3ClF13N3S/c14-4-1-3(10(16,17)18)2-5(28-4)29-8-30-9(12(22,23)24,13(25,26)27)7(31-8)6(15)11(19,20)21/h1-2H,(H,28,29,30). The van der Waals surface area contributed by atoms with Crippen molar-refractivity contribution >= 4 is 34.3 Å². The summed E-state index contributed by atoms with van der Waals surface area (Å²) in [5.74, 6) is -4.85. The van der Waals surface area contributed by atoms with Crippen molar-refractivity contribution in [1.29, 1.82) is 0 Å². The van der Waals surface area contributed by atoms with Gasteiger partial charge in [-0.05, 0) is 12.1 Å². The molecule has 0 fully saturated rings. The number of amidine groups is 1. The molecule has 2 rings (SSSR count). The molecule has 0 spiro atoms. The summed E-state index contributed by atoms with van der Waals surface area (Å²) in [4.78, 5) is 2.40. The Kier molecular flexibility index (Phi) is 6.21. The number of nitrogens with one attached hydrogen (secondary N) is 1. The summed E-state index contributed by atoms with van der Waals surface area (Å²) in [7, 11) is 0. The van der Waals surface area contributed by atoms with Crippen LogP contribution in [0.4, 0.5) is 62.9 Å². The first-order valence-electron chi connectivity index (χ1n) is 7.10. The maximum atomic E-state index is 13.6. The molecule has 1 aliphatic rings. The molecule has 0 atom stereocenters. The van der Waals surface area contributed by atoms with Gasteiger partial charge in [-0.3, -0.25) is 0 Å². The van der Waals surface area contributed by atoms with Gasteiger partial charge in [-0.15, -0.1) is 0 Å². The summed E-state index contributed by atoms with van der Waals surface area (Å²) >= 11 is 4.25. The average Bonchev–Trinajstić information content (AvgIpc) is 2.91. The van der Waals surface area contributed by atoms with Crippen LogP contribution in [0.25, 0.3) is 0 Å². The summed E-state index contributed by atoms with van der Waals surface area (Å²) in [6, 6.07) is 0.334. The molecule has 0 saturated heterocycles. The molecule has 0 aliphatic carbocycles. The fourth-order valence-electron chi connectivity index (χ4n) is 2.16. The van der Waals surface area contributed by atoms with Gasteiger partial charge in [0, 0.05) is 0 Å². The number of thioether (sulfide) groups is 1. The van der Waals surface area contributed by atoms with Gasteiger partial charge >= 0.3 is 24.7 Å². The van der Waals surface area contributed by atoms with E-state index in [1.54, 1.807) is 0 Å². The van der Waals surface area contributed by atoms with Crippen LogP contribution in [0.5, 0.6) is 0 Å². The van der Waals surface area contributed by atoms with Crippen LogP contribution in [0.15, 0.2) is 27.9 Å². The van der Waals surface area contributed by atoms with Gasteiger partial charge in [-0.2, -0.15) is 52.7 Å². The summed E-state index contributed by atoms with van der Waals surface area (Å²) in [5, 5.41) is -1.10. The van der Waals surface area contributed by atoms with Crippen molar-refractivity contribution in [2.24, 2.45) is 4.99 Å². The van der Waals surface area contributed by atoms with E-state index in [1.165, 1.54) is 5.32 Å². The number of halogens is 14. The van der Waals surface area contributed by atoms with Gasteiger partial charge in [0.2, 0.25) is 5.83 Å². The van der Waals surface area contributed by atoms with Crippen LogP contribution in [0.3, 0.4) is 0 Å². The van der Waals surface area contributed by atoms with Crippen LogP contribution in [0.2, 0.25) is 5.15 Å². The number of anilines is 1. The van der Waals surface area contributed by atoms with E-state index in [-0.39, 0.29) is 12.1 Å². The van der Waals surface area contributed by atoms with Crippen molar-refractivity contribution in [1.82, 2.24) is 4.98 Å². The highest BCUT2D eigenvalue weighted by Crippen LogP contribution is 2.59. The molecule has 0 aromatic carbocycles. The van der Waals surface area contributed by atoms with Gasteiger partial charge in [0.1, 0.15) is 11.0 Å². The molecule has 18 heteroatoms. The Hall–Kier alpha value is -1.91. The summed E-state index contributed by atoms with van der Waals surface area (Å²) in [6.07, 6.45) is -24.6. The van der Waals surface area contributed by atoms with E-state index in [0.717, 1.165) is 0 Å². The zero-order valence-corrected chi connectivity index (χ0v) is 15.3. The Morgan fingerprint density at radius 3 is 1.84 bits per heavy atom. The van der Waals surface area contributed by atoms with Crippen molar-refractivity contribution in [3.8, 4) is 0 Å². The molecule has 0 unspecified atom stereocenters. The van der Waals surface area contributed by atoms with E-state index < -0.39 is 74.4 Å². The molecule has 3 nitrogen and oxygen atoms in total. The lowest BCUT2D eigenvalue weighted by Gasteiger charge is -2.31. The number of alkyl halides is 12. The second kappa shape index (κ2) is 7.60. The molecule has 1 aromatic rings. The average molecular weight is 516 g/mol. The molecular weight excluding hydrogens is 513 g/mol. The normalized spacial score (nSPS) is 19.4. The number of aliphatic imine (C=N–C) groups is 1. The predicted octanol–water partition coefficient (Wildman–Crippen LogP) is 6.88. The van der Waals surface area contributed by atoms with Crippen molar-refractivity contribution in [3.05, 3.63) is 33.6 Å². The summed E-state index contributed by atoms with van der Waals surface area (Å²) < 4.78 is 169. The first kappa shape index (κ1) is 25.4. The predicted molar refractivity (Wildman–Crippen MR) is 81.9 cm³/mol. The van der Waals surface area contributed by atoms with E-state index in [1.807, 2.05) is 0 Å². The van der Waals surface area contributed by atoms with Gasteiger partial charge in [0.25, 0.3) is 5.54 Å². The SMILES string of the molecule is FC(=C1SC(Nc2cc(C(F)(F)F)cc(Cl)n2)=NC1(C(F)(F)F)C(F)(F)F)C(F)(F)F. The zero-order valence-electron chi connectivity index (χ0n) is 13.7. The number of aromatic nitrogens is 1. The maximum absolute atomic E-state index is 13.6. The first-order chi connectivity index (χ1) is 13.7. The lowest BCUT2D eigenvalue weighted by Crippen LogP contribution is -2.55. The third-order valence-corrected chi connectivity index (χ3v) is 4.68. The van der Waals surface area contributed by atoms with Crippen LogP contribution in [0, 0.1) is 0 Å². The van der Waals surface area contributed by atoms with E-state index in [0.29, 0.717) is 0 Å². The van der Waals surface area contributed by atoms with Gasteiger partial charge in [-0.1, -0.05) is 23.4 Å². The van der Waals surface area contributed by atoms with Crippen LogP contribution < -0.4 is 5.32 Å². The van der Waals surface area contributed by atoms with E-state index in [9.17, 15) is 57.1 Å². The Morgan fingerprint density at radius 2 is 1.42 bits per heavy atom. The minimum absolute atomic E-state index is 0.0830. The molecule has 174 valence electrons. The fourth-order valence-corrected chi connectivity index (χ4v) is 3.53. The Labute approximate surface area is 171 Å². The van der Waals surface area contributed by atoms with Gasteiger partial charge < -0.3 is 5.32 Å². The molecule has 0 amide bonds. The fraction of sp³-hybridized carbons (Fsp3) is 0.385. The second-order valence-electron chi connectivity index (χ2n) is 5.55. The first-order valence-corrected chi connectivity index (χ1v) is 8.30. The molecule has 0 bridgehead atoms. The molecule has 1 aromatic heterocycles. The lowest BCUT2D eigenvalue weighted by atomic mass is 9.97. The van der Waals surface area contributed by atoms with Crippen molar-refractivity contribution in [3.63, 3.8) is 0 Å². The largest absolute Gasteiger partial charge is 0.443 e. The molecule has 31 heavy (non-hydrogen) atoms. The van der Waals surface area contributed by atoms with E-state index >= 15 is 0 Å². The van der Waals surface area contributed by atoms with E-state index in [2.05, 4.69) is 9.98 Å². The quantitative estimate of drug-likeness (QED) is 0.327. The number of nitrogens with zero attached hydrogens (tertiary/aromatic N) is 2. The monoisotopic (exact) mass is 515 g/mol. The number of hydrogen-bond donors (Lipinski definition) is 1. The third-order valence-electron chi connectivity index (χ3n) is 3.42. The van der Waals surface area contributed by atoms with Crippen molar-refractivity contribution in [2.45, 2.75) is 30.2 Å². The van der Waals surface area contributed by atoms with Crippen LogP contribution in [-0.4, -0.2) is 34.2 Å². The molecule has 0 saturated carbocycles. The highest BCUT2D eigenvalue weighted by atomic mass is 35.5. The van der Waals surface area contributed by atoms with E-state index in [4.69, 9.17) is 11.6 Å². The van der Waals surface area contributed by atoms with Crippen molar-refractivity contribution < 1.29 is 57.1 Å². The molecule has 0 radical (unpaired) electrons. The maximum Gasteiger partial charge on any atom is 0.443 e. The smallest absolute Gasteiger partial charge is 0.319 e. The van der Waals surface area contributed by atoms with Crippen LogP contribution >= 0.6 is 23.4 Å². The number of pyridine rings is 1. The zero-order chi connectivity index (χ0) is 24.2. The molecule has 1 aliphatic heterocycles. The van der Waals surface area contributed by atoms with Gasteiger partial charge in [0.15, 0.2) is 5.17 Å².